The zero-order chi connectivity index (χ0) is 17.7. The van der Waals surface area contributed by atoms with Crippen molar-refractivity contribution in [1.82, 2.24) is 9.97 Å². The summed E-state index contributed by atoms with van der Waals surface area (Å²) in [6.07, 6.45) is -2.17. The Balaban J connectivity index is 2.30. The smallest absolute Gasteiger partial charge is 0.431 e. The van der Waals surface area contributed by atoms with Crippen LogP contribution in [0, 0.1) is 0 Å². The number of hydrogen-bond acceptors (Lipinski definition) is 5. The predicted octanol–water partition coefficient (Wildman–Crippen LogP) is 1.09. The molecule has 0 saturated heterocycles. The Morgan fingerprint density at radius 2 is 2.00 bits per heavy atom. The number of hydrogen-bond donors (Lipinski definition) is 1. The summed E-state index contributed by atoms with van der Waals surface area (Å²) in [6, 6.07) is 6.93. The summed E-state index contributed by atoms with van der Waals surface area (Å²) in [5.74, 6) is -1.22. The molecule has 1 heterocycles. The molecule has 0 fully saturated rings. The molecule has 1 aromatic carbocycles. The summed E-state index contributed by atoms with van der Waals surface area (Å²) in [5.41, 5.74) is -2.16. The minimum absolute atomic E-state index is 0.193. The SMILES string of the molecule is O=C([O-])COc1ccccc1/C=C/c1cc(C(F)(F)F)[nH]c(=O)n1. The summed E-state index contributed by atoms with van der Waals surface area (Å²) in [4.78, 5) is 26.7. The molecule has 1 aromatic heterocycles. The Morgan fingerprint density at radius 1 is 1.29 bits per heavy atom. The van der Waals surface area contributed by atoms with Crippen LogP contribution >= 0.6 is 0 Å². The van der Waals surface area contributed by atoms with Crippen LogP contribution in [0.5, 0.6) is 5.75 Å². The molecular weight excluding hydrogens is 329 g/mol. The van der Waals surface area contributed by atoms with Crippen molar-refractivity contribution in [2.45, 2.75) is 6.18 Å². The van der Waals surface area contributed by atoms with Crippen LogP contribution in [0.15, 0.2) is 35.1 Å². The largest absolute Gasteiger partial charge is 0.546 e. The molecule has 2 aromatic rings. The summed E-state index contributed by atoms with van der Waals surface area (Å²) >= 11 is 0. The number of benzene rings is 1. The molecule has 6 nitrogen and oxygen atoms in total. The van der Waals surface area contributed by atoms with Gasteiger partial charge in [-0.3, -0.25) is 0 Å². The van der Waals surface area contributed by atoms with E-state index in [-0.39, 0.29) is 11.4 Å². The highest BCUT2D eigenvalue weighted by Crippen LogP contribution is 2.27. The first-order chi connectivity index (χ1) is 11.3. The number of carboxylic acids is 1. The van der Waals surface area contributed by atoms with Gasteiger partial charge in [-0.05, 0) is 24.3 Å². The van der Waals surface area contributed by atoms with Gasteiger partial charge in [0.1, 0.15) is 18.1 Å². The van der Waals surface area contributed by atoms with Crippen LogP contribution < -0.4 is 15.5 Å². The number of aliphatic carboxylic acids is 1. The second-order valence-corrected chi connectivity index (χ2v) is 4.55. The normalized spacial score (nSPS) is 11.6. The van der Waals surface area contributed by atoms with Gasteiger partial charge in [-0.25, -0.2) is 4.79 Å². The fourth-order valence-electron chi connectivity index (χ4n) is 1.78. The van der Waals surface area contributed by atoms with Crippen LogP contribution in [0.1, 0.15) is 17.0 Å². The van der Waals surface area contributed by atoms with E-state index in [2.05, 4.69) is 4.98 Å². The number of para-hydroxylation sites is 1. The quantitative estimate of drug-likeness (QED) is 0.880. The first-order valence-corrected chi connectivity index (χ1v) is 6.54. The maximum Gasteiger partial charge on any atom is 0.431 e. The molecule has 0 unspecified atom stereocenters. The summed E-state index contributed by atoms with van der Waals surface area (Å²) in [5, 5.41) is 10.4. The van der Waals surface area contributed by atoms with E-state index in [1.165, 1.54) is 18.2 Å². The fraction of sp³-hybridized carbons (Fsp3) is 0.133. The van der Waals surface area contributed by atoms with Crippen molar-refractivity contribution < 1.29 is 27.8 Å². The third-order valence-electron chi connectivity index (χ3n) is 2.77. The average Bonchev–Trinajstić information content (AvgIpc) is 2.50. The van der Waals surface area contributed by atoms with Crippen molar-refractivity contribution >= 4 is 18.1 Å². The van der Waals surface area contributed by atoms with Gasteiger partial charge < -0.3 is 19.6 Å². The number of aromatic nitrogens is 2. The monoisotopic (exact) mass is 339 g/mol. The van der Waals surface area contributed by atoms with Crippen molar-refractivity contribution in [3.8, 4) is 5.75 Å². The van der Waals surface area contributed by atoms with Crippen molar-refractivity contribution in [2.75, 3.05) is 6.61 Å². The molecule has 0 aliphatic carbocycles. The van der Waals surface area contributed by atoms with Crippen LogP contribution in [0.4, 0.5) is 13.2 Å². The van der Waals surface area contributed by atoms with Gasteiger partial charge in [0, 0.05) is 5.56 Å². The number of aromatic amines is 1. The lowest BCUT2D eigenvalue weighted by molar-refractivity contribution is -0.307. The Morgan fingerprint density at radius 3 is 2.67 bits per heavy atom. The van der Waals surface area contributed by atoms with Gasteiger partial charge in [0.15, 0.2) is 0 Å². The van der Waals surface area contributed by atoms with Crippen LogP contribution in [0.25, 0.3) is 12.2 Å². The van der Waals surface area contributed by atoms with Gasteiger partial charge in [0.05, 0.1) is 11.7 Å². The Kier molecular flexibility index (Phi) is 5.02. The Bertz CT molecular complexity index is 828. The molecule has 0 atom stereocenters. The summed E-state index contributed by atoms with van der Waals surface area (Å²) in [7, 11) is 0. The number of nitrogens with one attached hydrogen (secondary N) is 1. The van der Waals surface area contributed by atoms with E-state index in [0.717, 1.165) is 0 Å². The van der Waals surface area contributed by atoms with E-state index in [9.17, 15) is 27.9 Å². The third kappa shape index (κ3) is 4.70. The zero-order valence-corrected chi connectivity index (χ0v) is 12.0. The molecule has 0 spiro atoms. The molecular formula is C15H10F3N2O4-. The molecule has 1 N–H and O–H groups in total. The number of nitrogens with zero attached hydrogens (tertiary/aromatic N) is 1. The second-order valence-electron chi connectivity index (χ2n) is 4.55. The molecule has 2 rings (SSSR count). The van der Waals surface area contributed by atoms with Crippen LogP contribution in [-0.4, -0.2) is 22.5 Å². The molecule has 0 aliphatic heterocycles. The molecule has 0 saturated carbocycles. The standard InChI is InChI=1S/C15H11F3N2O4/c16-15(17,18)12-7-10(19-14(23)20-12)6-5-9-3-1-2-4-11(9)24-8-13(21)22/h1-7H,8H2,(H,21,22)(H,19,20,23)/p-1/b6-5+. The molecule has 0 aliphatic rings. The maximum absolute atomic E-state index is 12.6. The molecule has 24 heavy (non-hydrogen) atoms. The van der Waals surface area contributed by atoms with Crippen LogP contribution in [-0.2, 0) is 11.0 Å². The number of alkyl halides is 3. The predicted molar refractivity (Wildman–Crippen MR) is 75.7 cm³/mol. The number of carboxylic acid groups (broad SMARTS) is 1. The Labute approximate surface area is 133 Å². The van der Waals surface area contributed by atoms with E-state index in [1.807, 2.05) is 0 Å². The highest BCUT2D eigenvalue weighted by Gasteiger charge is 2.32. The number of H-pyrrole nitrogens is 1. The number of halogens is 3. The van der Waals surface area contributed by atoms with Gasteiger partial charge in [0.25, 0.3) is 0 Å². The maximum atomic E-state index is 12.6. The highest BCUT2D eigenvalue weighted by atomic mass is 19.4. The average molecular weight is 339 g/mol. The second kappa shape index (κ2) is 6.99. The van der Waals surface area contributed by atoms with Crippen molar-refractivity contribution in [1.29, 1.82) is 0 Å². The van der Waals surface area contributed by atoms with E-state index >= 15 is 0 Å². The summed E-state index contributed by atoms with van der Waals surface area (Å²) < 4.78 is 43.0. The van der Waals surface area contributed by atoms with Crippen molar-refractivity contribution in [2.24, 2.45) is 0 Å². The first-order valence-electron chi connectivity index (χ1n) is 6.54. The molecule has 9 heteroatoms. The lowest BCUT2D eigenvalue weighted by Crippen LogP contribution is -2.29. The number of ether oxygens (including phenoxy) is 1. The van der Waals surface area contributed by atoms with E-state index in [4.69, 9.17) is 4.74 Å². The van der Waals surface area contributed by atoms with E-state index in [0.29, 0.717) is 11.6 Å². The number of rotatable bonds is 5. The van der Waals surface area contributed by atoms with E-state index < -0.39 is 30.1 Å². The van der Waals surface area contributed by atoms with Gasteiger partial charge >= 0.3 is 11.9 Å². The topological polar surface area (TPSA) is 95.1 Å². The molecule has 0 bridgehead atoms. The Hall–Kier alpha value is -3.10. The van der Waals surface area contributed by atoms with Gasteiger partial charge in [-0.15, -0.1) is 0 Å². The minimum Gasteiger partial charge on any atom is -0.546 e. The third-order valence-corrected chi connectivity index (χ3v) is 2.77. The van der Waals surface area contributed by atoms with Gasteiger partial charge in [-0.1, -0.05) is 18.2 Å². The van der Waals surface area contributed by atoms with Crippen molar-refractivity contribution in [3.05, 3.63) is 57.8 Å². The number of carbonyl (C=O) groups excluding carboxylic acids is 1. The van der Waals surface area contributed by atoms with Crippen LogP contribution in [0.2, 0.25) is 0 Å². The van der Waals surface area contributed by atoms with Crippen molar-refractivity contribution in [3.63, 3.8) is 0 Å². The molecule has 0 amide bonds. The minimum atomic E-state index is -4.71. The lowest BCUT2D eigenvalue weighted by Gasteiger charge is -2.09. The molecule has 0 radical (unpaired) electrons. The number of carbonyl (C=O) groups is 1. The lowest BCUT2D eigenvalue weighted by atomic mass is 10.1. The van der Waals surface area contributed by atoms with Crippen LogP contribution in [0.3, 0.4) is 0 Å². The first kappa shape index (κ1) is 17.3. The van der Waals surface area contributed by atoms with E-state index in [1.54, 1.807) is 23.2 Å². The van der Waals surface area contributed by atoms with Gasteiger partial charge in [0.2, 0.25) is 0 Å². The zero-order valence-electron chi connectivity index (χ0n) is 12.0. The fourth-order valence-corrected chi connectivity index (χ4v) is 1.78. The molecule has 126 valence electrons. The highest BCUT2D eigenvalue weighted by molar-refractivity contribution is 5.72. The van der Waals surface area contributed by atoms with Gasteiger partial charge in [-0.2, -0.15) is 18.2 Å². The summed E-state index contributed by atoms with van der Waals surface area (Å²) in [6.45, 7) is -0.674.